The normalized spacial score (nSPS) is 22.6. The van der Waals surface area contributed by atoms with Crippen molar-refractivity contribution in [2.75, 3.05) is 19.6 Å². The summed E-state index contributed by atoms with van der Waals surface area (Å²) >= 11 is 0. The van der Waals surface area contributed by atoms with Crippen molar-refractivity contribution in [1.82, 2.24) is 14.5 Å². The Morgan fingerprint density at radius 2 is 2.00 bits per heavy atom. The van der Waals surface area contributed by atoms with Crippen LogP contribution in [0.2, 0.25) is 0 Å². The first kappa shape index (κ1) is 16.2. The quantitative estimate of drug-likeness (QED) is 0.850. The molecule has 0 unspecified atom stereocenters. The fraction of sp³-hybridized carbons (Fsp3) is 0.526. The first-order valence-electron chi connectivity index (χ1n) is 8.52. The zero-order chi connectivity index (χ0) is 16.2. The van der Waals surface area contributed by atoms with Gasteiger partial charge in [0.25, 0.3) is 0 Å². The first-order chi connectivity index (χ1) is 11.1. The fourth-order valence-electron chi connectivity index (χ4n) is 3.16. The Bertz CT molecular complexity index is 608. The lowest BCUT2D eigenvalue weighted by Gasteiger charge is -2.40. The number of ether oxygens (including phenoxy) is 1. The van der Waals surface area contributed by atoms with Crippen LogP contribution in [0.1, 0.15) is 31.3 Å². The number of aryl methyl sites for hydroxylation is 1. The van der Waals surface area contributed by atoms with Crippen LogP contribution >= 0.6 is 0 Å². The summed E-state index contributed by atoms with van der Waals surface area (Å²) < 4.78 is 8.47. The highest BCUT2D eigenvalue weighted by Crippen LogP contribution is 2.28. The van der Waals surface area contributed by atoms with Crippen molar-refractivity contribution in [2.24, 2.45) is 13.0 Å². The minimum absolute atomic E-state index is 0.165. The van der Waals surface area contributed by atoms with Gasteiger partial charge in [0.2, 0.25) is 0 Å². The van der Waals surface area contributed by atoms with Gasteiger partial charge in [0.1, 0.15) is 5.82 Å². The van der Waals surface area contributed by atoms with E-state index in [1.54, 1.807) is 0 Å². The Kier molecular flexibility index (Phi) is 5.13. The van der Waals surface area contributed by atoms with Crippen LogP contribution in [0.25, 0.3) is 0 Å². The molecular weight excluding hydrogens is 286 g/mol. The summed E-state index contributed by atoms with van der Waals surface area (Å²) in [6, 6.07) is 10.6. The molecule has 4 heteroatoms. The molecule has 1 aliphatic rings. The summed E-state index contributed by atoms with van der Waals surface area (Å²) in [6.45, 7) is 7.48. The Morgan fingerprint density at radius 3 is 2.65 bits per heavy atom. The Morgan fingerprint density at radius 1 is 1.22 bits per heavy atom. The maximum absolute atomic E-state index is 6.36. The third kappa shape index (κ3) is 4.01. The lowest BCUT2D eigenvalue weighted by molar-refractivity contribution is -0.105. The molecule has 0 N–H and O–H groups in total. The first-order valence-corrected chi connectivity index (χ1v) is 8.52. The maximum Gasteiger partial charge on any atom is 0.109 e. The second kappa shape index (κ2) is 7.28. The van der Waals surface area contributed by atoms with Crippen LogP contribution in [-0.4, -0.2) is 40.2 Å². The van der Waals surface area contributed by atoms with E-state index in [-0.39, 0.29) is 12.2 Å². The minimum atomic E-state index is 0.165. The highest BCUT2D eigenvalue weighted by molar-refractivity contribution is 5.18. The topological polar surface area (TPSA) is 30.3 Å². The molecule has 2 heterocycles. The van der Waals surface area contributed by atoms with E-state index >= 15 is 0 Å². The van der Waals surface area contributed by atoms with E-state index in [4.69, 9.17) is 4.74 Å². The van der Waals surface area contributed by atoms with E-state index in [1.165, 1.54) is 5.56 Å². The number of morpholine rings is 1. The van der Waals surface area contributed by atoms with Crippen LogP contribution in [-0.2, 0) is 18.2 Å². The molecule has 0 spiro atoms. The van der Waals surface area contributed by atoms with Gasteiger partial charge in [-0.15, -0.1) is 0 Å². The van der Waals surface area contributed by atoms with Crippen LogP contribution < -0.4 is 0 Å². The summed E-state index contributed by atoms with van der Waals surface area (Å²) in [5.41, 5.74) is 1.28. The summed E-state index contributed by atoms with van der Waals surface area (Å²) in [4.78, 5) is 6.96. The highest BCUT2D eigenvalue weighted by atomic mass is 16.5. The van der Waals surface area contributed by atoms with Gasteiger partial charge >= 0.3 is 0 Å². The van der Waals surface area contributed by atoms with Gasteiger partial charge in [-0.2, -0.15) is 0 Å². The van der Waals surface area contributed by atoms with Crippen molar-refractivity contribution in [1.29, 1.82) is 0 Å². The number of aromatic nitrogens is 2. The number of nitrogens with zero attached hydrogens (tertiary/aromatic N) is 3. The van der Waals surface area contributed by atoms with Crippen molar-refractivity contribution in [3.05, 3.63) is 54.1 Å². The van der Waals surface area contributed by atoms with E-state index in [0.29, 0.717) is 5.92 Å². The maximum atomic E-state index is 6.36. The number of hydrogen-bond acceptors (Lipinski definition) is 3. The average Bonchev–Trinajstić information content (AvgIpc) is 2.98. The van der Waals surface area contributed by atoms with Gasteiger partial charge in [-0.05, 0) is 11.5 Å². The lowest BCUT2D eigenvalue weighted by Crippen LogP contribution is -2.46. The van der Waals surface area contributed by atoms with Gasteiger partial charge in [-0.3, -0.25) is 4.90 Å². The number of hydrogen-bond donors (Lipinski definition) is 0. The molecule has 1 fully saturated rings. The predicted octanol–water partition coefficient (Wildman–Crippen LogP) is 3.06. The SMILES string of the molecule is CC(C)[C@H]1CN(CCc2nccn2C)C[C@@H](c2ccccc2)O1. The Labute approximate surface area is 139 Å². The van der Waals surface area contributed by atoms with Crippen LogP contribution in [0.5, 0.6) is 0 Å². The fourth-order valence-corrected chi connectivity index (χ4v) is 3.16. The minimum Gasteiger partial charge on any atom is -0.367 e. The van der Waals surface area contributed by atoms with E-state index in [0.717, 1.165) is 31.9 Å². The second-order valence-corrected chi connectivity index (χ2v) is 6.78. The molecule has 2 atom stereocenters. The second-order valence-electron chi connectivity index (χ2n) is 6.78. The molecule has 0 bridgehead atoms. The van der Waals surface area contributed by atoms with Gasteiger partial charge in [-0.1, -0.05) is 44.2 Å². The number of benzene rings is 1. The highest BCUT2D eigenvalue weighted by Gasteiger charge is 2.30. The molecule has 4 nitrogen and oxygen atoms in total. The molecular formula is C19H27N3O. The smallest absolute Gasteiger partial charge is 0.109 e. The van der Waals surface area contributed by atoms with Gasteiger partial charge in [0.15, 0.2) is 0 Å². The molecule has 1 aromatic carbocycles. The zero-order valence-electron chi connectivity index (χ0n) is 14.4. The molecule has 1 aliphatic heterocycles. The molecule has 1 saturated heterocycles. The average molecular weight is 313 g/mol. The molecule has 2 aromatic rings. The van der Waals surface area contributed by atoms with Crippen molar-refractivity contribution in [2.45, 2.75) is 32.5 Å². The summed E-state index contributed by atoms with van der Waals surface area (Å²) in [5.74, 6) is 1.67. The molecule has 0 radical (unpaired) electrons. The standard InChI is InChI=1S/C19H27N3O/c1-15(2)17-13-22(11-9-19-20-10-12-21(19)3)14-18(23-17)16-7-5-4-6-8-16/h4-8,10,12,15,17-18H,9,11,13-14H2,1-3H3/t17-,18+/m1/s1. The van der Waals surface area contributed by atoms with Crippen molar-refractivity contribution in [3.8, 4) is 0 Å². The zero-order valence-corrected chi connectivity index (χ0v) is 14.4. The summed E-state index contributed by atoms with van der Waals surface area (Å²) in [7, 11) is 2.06. The Hall–Kier alpha value is -1.65. The molecule has 1 aromatic heterocycles. The van der Waals surface area contributed by atoms with E-state index in [2.05, 4.69) is 65.7 Å². The van der Waals surface area contributed by atoms with Crippen molar-refractivity contribution in [3.63, 3.8) is 0 Å². The van der Waals surface area contributed by atoms with Crippen LogP contribution in [0, 0.1) is 5.92 Å². The molecule has 23 heavy (non-hydrogen) atoms. The predicted molar refractivity (Wildman–Crippen MR) is 92.2 cm³/mol. The largest absolute Gasteiger partial charge is 0.367 e. The Balaban J connectivity index is 1.68. The van der Waals surface area contributed by atoms with Crippen LogP contribution in [0.3, 0.4) is 0 Å². The number of rotatable bonds is 5. The van der Waals surface area contributed by atoms with Gasteiger partial charge in [-0.25, -0.2) is 4.98 Å². The van der Waals surface area contributed by atoms with E-state index in [9.17, 15) is 0 Å². The molecule has 0 saturated carbocycles. The van der Waals surface area contributed by atoms with Crippen molar-refractivity contribution >= 4 is 0 Å². The van der Waals surface area contributed by atoms with Gasteiger partial charge < -0.3 is 9.30 Å². The molecule has 3 rings (SSSR count). The monoisotopic (exact) mass is 313 g/mol. The molecule has 0 aliphatic carbocycles. The van der Waals surface area contributed by atoms with Gasteiger partial charge in [0.05, 0.1) is 12.2 Å². The summed E-state index contributed by atoms with van der Waals surface area (Å²) in [6.07, 6.45) is 5.32. The van der Waals surface area contributed by atoms with E-state index < -0.39 is 0 Å². The van der Waals surface area contributed by atoms with Crippen LogP contribution in [0.4, 0.5) is 0 Å². The molecule has 0 amide bonds. The van der Waals surface area contributed by atoms with Crippen LogP contribution in [0.15, 0.2) is 42.7 Å². The van der Waals surface area contributed by atoms with E-state index in [1.807, 2.05) is 12.4 Å². The van der Waals surface area contributed by atoms with Gasteiger partial charge in [0, 0.05) is 45.5 Å². The third-order valence-electron chi connectivity index (χ3n) is 4.69. The third-order valence-corrected chi connectivity index (χ3v) is 4.69. The summed E-state index contributed by atoms with van der Waals surface area (Å²) in [5, 5.41) is 0. The lowest BCUT2D eigenvalue weighted by atomic mass is 10.0. The number of imidazole rings is 1. The van der Waals surface area contributed by atoms with Crippen molar-refractivity contribution < 1.29 is 4.74 Å². The molecule has 124 valence electrons.